The van der Waals surface area contributed by atoms with Gasteiger partial charge in [0.25, 0.3) is 5.56 Å². The van der Waals surface area contributed by atoms with E-state index in [9.17, 15) is 9.59 Å². The van der Waals surface area contributed by atoms with E-state index in [1.807, 2.05) is 70.2 Å². The quantitative estimate of drug-likeness (QED) is 0.241. The lowest BCUT2D eigenvalue weighted by Gasteiger charge is -2.13. The van der Waals surface area contributed by atoms with Crippen molar-refractivity contribution in [3.8, 4) is 5.69 Å². The van der Waals surface area contributed by atoms with E-state index in [1.54, 1.807) is 15.9 Å². The molecule has 0 bridgehead atoms. The predicted molar refractivity (Wildman–Crippen MR) is 144 cm³/mol. The van der Waals surface area contributed by atoms with Gasteiger partial charge in [-0.25, -0.2) is 4.98 Å². The van der Waals surface area contributed by atoms with Gasteiger partial charge in [0.1, 0.15) is 4.83 Å². The average Bonchev–Trinajstić information content (AvgIpc) is 3.11. The lowest BCUT2D eigenvalue weighted by atomic mass is 10.1. The fraction of sp³-hybridized carbons (Fsp3) is 0.296. The minimum absolute atomic E-state index is 0.0795. The smallest absolute Gasteiger partial charge is 0.267 e. The summed E-state index contributed by atoms with van der Waals surface area (Å²) >= 11 is 2.88. The van der Waals surface area contributed by atoms with Gasteiger partial charge in [-0.1, -0.05) is 49.4 Å². The predicted octanol–water partition coefficient (Wildman–Crippen LogP) is 6.36. The van der Waals surface area contributed by atoms with Crippen molar-refractivity contribution in [2.75, 3.05) is 11.1 Å². The molecule has 0 unspecified atom stereocenters. The van der Waals surface area contributed by atoms with Gasteiger partial charge in [0.05, 0.1) is 16.8 Å². The number of benzene rings is 2. The Balaban J connectivity index is 1.73. The second-order valence-electron chi connectivity index (χ2n) is 8.54. The third kappa shape index (κ3) is 4.81. The van der Waals surface area contributed by atoms with E-state index in [0.717, 1.165) is 51.3 Å². The third-order valence-corrected chi connectivity index (χ3v) is 8.16. The number of nitrogens with zero attached hydrogens (tertiary/aromatic N) is 2. The first-order chi connectivity index (χ1) is 16.3. The van der Waals surface area contributed by atoms with Gasteiger partial charge in [-0.3, -0.25) is 14.2 Å². The third-order valence-electron chi connectivity index (χ3n) is 5.98. The van der Waals surface area contributed by atoms with E-state index in [2.05, 4.69) is 12.2 Å². The molecule has 0 spiro atoms. The summed E-state index contributed by atoms with van der Waals surface area (Å²) in [6.07, 6.45) is 1.94. The summed E-state index contributed by atoms with van der Waals surface area (Å²) in [6.45, 7) is 10.2. The number of hydrogen-bond donors (Lipinski definition) is 1. The van der Waals surface area contributed by atoms with Crippen LogP contribution >= 0.6 is 23.1 Å². The zero-order valence-electron chi connectivity index (χ0n) is 20.2. The number of thioether (sulfide) groups is 1. The Morgan fingerprint density at radius 1 is 1.09 bits per heavy atom. The molecule has 1 N–H and O–H groups in total. The molecular weight excluding hydrogens is 462 g/mol. The summed E-state index contributed by atoms with van der Waals surface area (Å²) in [6, 6.07) is 13.7. The largest absolute Gasteiger partial charge is 0.325 e. The summed E-state index contributed by atoms with van der Waals surface area (Å²) in [5, 5.41) is 4.21. The molecule has 0 aliphatic carbocycles. The highest BCUT2D eigenvalue weighted by molar-refractivity contribution is 7.99. The first kappa shape index (κ1) is 24.2. The molecule has 4 aromatic rings. The number of anilines is 1. The van der Waals surface area contributed by atoms with Crippen LogP contribution in [0.4, 0.5) is 5.69 Å². The van der Waals surface area contributed by atoms with Gasteiger partial charge in [0, 0.05) is 10.6 Å². The number of aromatic nitrogens is 2. The Labute approximate surface area is 208 Å². The van der Waals surface area contributed by atoms with Crippen LogP contribution in [0.1, 0.15) is 40.5 Å². The van der Waals surface area contributed by atoms with Crippen molar-refractivity contribution in [3.63, 3.8) is 0 Å². The molecule has 0 saturated carbocycles. The van der Waals surface area contributed by atoms with Gasteiger partial charge in [0.2, 0.25) is 5.91 Å². The number of hydrogen-bond acceptors (Lipinski definition) is 5. The van der Waals surface area contributed by atoms with E-state index in [0.29, 0.717) is 10.5 Å². The van der Waals surface area contributed by atoms with Crippen LogP contribution in [0, 0.1) is 27.7 Å². The van der Waals surface area contributed by atoms with Crippen molar-refractivity contribution in [1.82, 2.24) is 9.55 Å². The summed E-state index contributed by atoms with van der Waals surface area (Å²) < 4.78 is 1.65. The summed E-state index contributed by atoms with van der Waals surface area (Å²) in [5.74, 6) is 0.0291. The maximum Gasteiger partial charge on any atom is 0.267 e. The Hall–Kier alpha value is -2.90. The van der Waals surface area contributed by atoms with Gasteiger partial charge in [0.15, 0.2) is 5.16 Å². The number of fused-ring (bicyclic) bond motifs is 1. The first-order valence-corrected chi connectivity index (χ1v) is 13.2. The van der Waals surface area contributed by atoms with Crippen LogP contribution in [-0.4, -0.2) is 21.2 Å². The number of rotatable bonds is 7. The molecule has 0 saturated heterocycles. The Bertz CT molecular complexity index is 1440. The SMILES string of the molecule is CCCc1sc2nc(SCC(=O)Nc3cccc(C)c3C)n(-c3cccc(C)c3)c(=O)c2c1C. The monoisotopic (exact) mass is 491 g/mol. The van der Waals surface area contributed by atoms with E-state index in [-0.39, 0.29) is 17.2 Å². The molecule has 0 aliphatic heterocycles. The minimum Gasteiger partial charge on any atom is -0.325 e. The highest BCUT2D eigenvalue weighted by atomic mass is 32.2. The van der Waals surface area contributed by atoms with Crippen LogP contribution < -0.4 is 10.9 Å². The molecule has 7 heteroatoms. The number of aryl methyl sites for hydroxylation is 4. The second kappa shape index (κ2) is 10.2. The molecule has 1 amide bonds. The fourth-order valence-electron chi connectivity index (χ4n) is 3.97. The van der Waals surface area contributed by atoms with Crippen molar-refractivity contribution in [1.29, 1.82) is 0 Å². The number of carbonyl (C=O) groups is 1. The van der Waals surface area contributed by atoms with Crippen LogP contribution in [0.15, 0.2) is 52.4 Å². The molecule has 5 nitrogen and oxygen atoms in total. The molecule has 2 aromatic heterocycles. The molecule has 4 rings (SSSR count). The number of thiophene rings is 1. The van der Waals surface area contributed by atoms with E-state index >= 15 is 0 Å². The van der Waals surface area contributed by atoms with Crippen LogP contribution in [0.25, 0.3) is 15.9 Å². The normalized spacial score (nSPS) is 11.2. The molecule has 0 radical (unpaired) electrons. The number of amides is 1. The maximum atomic E-state index is 13.7. The van der Waals surface area contributed by atoms with Crippen LogP contribution in [0.3, 0.4) is 0 Å². The molecule has 34 heavy (non-hydrogen) atoms. The van der Waals surface area contributed by atoms with Crippen LogP contribution in [-0.2, 0) is 11.2 Å². The van der Waals surface area contributed by atoms with Gasteiger partial charge >= 0.3 is 0 Å². The van der Waals surface area contributed by atoms with Gasteiger partial charge in [-0.15, -0.1) is 11.3 Å². The van der Waals surface area contributed by atoms with Crippen molar-refractivity contribution in [3.05, 3.63) is 79.9 Å². The molecule has 2 heterocycles. The Morgan fingerprint density at radius 2 is 1.85 bits per heavy atom. The van der Waals surface area contributed by atoms with E-state index < -0.39 is 0 Å². The molecule has 176 valence electrons. The highest BCUT2D eigenvalue weighted by Gasteiger charge is 2.20. The zero-order valence-corrected chi connectivity index (χ0v) is 21.8. The molecule has 0 aliphatic rings. The zero-order chi connectivity index (χ0) is 24.4. The first-order valence-electron chi connectivity index (χ1n) is 11.4. The fourth-order valence-corrected chi connectivity index (χ4v) is 6.10. The topological polar surface area (TPSA) is 64.0 Å². The lowest BCUT2D eigenvalue weighted by molar-refractivity contribution is -0.113. The van der Waals surface area contributed by atoms with Crippen LogP contribution in [0.5, 0.6) is 0 Å². The molecular formula is C27H29N3O2S2. The lowest BCUT2D eigenvalue weighted by Crippen LogP contribution is -2.23. The van der Waals surface area contributed by atoms with Gasteiger partial charge in [-0.2, -0.15) is 0 Å². The van der Waals surface area contributed by atoms with E-state index in [4.69, 9.17) is 4.98 Å². The molecule has 0 atom stereocenters. The maximum absolute atomic E-state index is 13.7. The standard InChI is InChI=1S/C27H29N3O2S2/c1-6-9-22-19(5)24-25(34-22)29-27(30(26(24)32)20-12-7-10-16(2)14-20)33-15-23(31)28-21-13-8-11-17(3)18(21)4/h7-8,10-14H,6,9,15H2,1-5H3,(H,28,31). The number of carbonyl (C=O) groups excluding carboxylic acids is 1. The van der Waals surface area contributed by atoms with Crippen LogP contribution in [0.2, 0.25) is 0 Å². The summed E-state index contributed by atoms with van der Waals surface area (Å²) in [7, 11) is 0. The van der Waals surface area contributed by atoms with Crippen molar-refractivity contribution < 1.29 is 4.79 Å². The summed E-state index contributed by atoms with van der Waals surface area (Å²) in [4.78, 5) is 33.4. The minimum atomic E-state index is -0.127. The Morgan fingerprint density at radius 3 is 2.59 bits per heavy atom. The second-order valence-corrected chi connectivity index (χ2v) is 10.6. The average molecular weight is 492 g/mol. The van der Waals surface area contributed by atoms with E-state index in [1.165, 1.54) is 16.6 Å². The molecule has 0 fully saturated rings. The summed E-state index contributed by atoms with van der Waals surface area (Å²) in [5.41, 5.74) is 5.75. The number of nitrogens with one attached hydrogen (secondary N) is 1. The highest BCUT2D eigenvalue weighted by Crippen LogP contribution is 2.31. The molecule has 2 aromatic carbocycles. The van der Waals surface area contributed by atoms with Gasteiger partial charge in [-0.05, 0) is 74.6 Å². The van der Waals surface area contributed by atoms with Crippen molar-refractivity contribution in [2.24, 2.45) is 0 Å². The van der Waals surface area contributed by atoms with Gasteiger partial charge < -0.3 is 5.32 Å². The van der Waals surface area contributed by atoms with Crippen molar-refractivity contribution >= 4 is 44.9 Å². The Kier molecular flexibility index (Phi) is 7.24. The van der Waals surface area contributed by atoms with Crippen molar-refractivity contribution in [2.45, 2.75) is 52.6 Å².